The molecule has 20 heteroatoms. The van der Waals surface area contributed by atoms with E-state index in [1.165, 1.54) is 0 Å². The molecule has 2 N–H and O–H groups in total. The number of carbonyl (C=O) groups is 2. The van der Waals surface area contributed by atoms with Crippen molar-refractivity contribution < 1.29 is 80.5 Å². The van der Waals surface area contributed by atoms with Crippen molar-refractivity contribution in [3.63, 3.8) is 0 Å². The largest absolute Gasteiger partial charge is 0.460 e. The Labute approximate surface area is 166 Å². The minimum Gasteiger partial charge on any atom is -0.351 e. The maximum absolute atomic E-state index is 13.3. The van der Waals surface area contributed by atoms with Gasteiger partial charge in [-0.25, -0.2) is 0 Å². The molecule has 0 unspecified atom stereocenters. The second kappa shape index (κ2) is 8.34. The molecule has 0 radical (unpaired) electrons. The lowest BCUT2D eigenvalue weighted by molar-refractivity contribution is -0.345. The quantitative estimate of drug-likeness (QED) is 0.539. The molecule has 32 heavy (non-hydrogen) atoms. The number of hydrogen-bond acceptors (Lipinski definition) is 4. The Hall–Kier alpha value is -2.12. The van der Waals surface area contributed by atoms with E-state index in [9.17, 15) is 71.1 Å². The second-order valence-corrected chi connectivity index (χ2v) is 5.82. The lowest BCUT2D eigenvalue weighted by Gasteiger charge is -2.35. The molecule has 0 aromatic rings. The highest BCUT2D eigenvalue weighted by molar-refractivity contribution is 5.86. The molecule has 2 atom stereocenters. The fraction of sp³-hybridized carbons (Fsp3) is 0.833. The molecular formula is C12H8F14N2O4. The predicted octanol–water partition coefficient (Wildman–Crippen LogP) is 2.58. The Kier molecular flexibility index (Phi) is 7.28. The first-order chi connectivity index (χ1) is 14.0. The second-order valence-electron chi connectivity index (χ2n) is 5.82. The number of halogens is 14. The van der Waals surface area contributed by atoms with Crippen LogP contribution in [0.1, 0.15) is 0 Å². The Balaban J connectivity index is 3.07. The van der Waals surface area contributed by atoms with Gasteiger partial charge < -0.3 is 20.1 Å². The molecule has 0 aliphatic carbocycles. The number of rotatable bonds is 6. The van der Waals surface area contributed by atoms with E-state index in [-0.39, 0.29) is 0 Å². The number of alkyl halides is 14. The Morgan fingerprint density at radius 1 is 0.562 bits per heavy atom. The number of amides is 2. The van der Waals surface area contributed by atoms with Gasteiger partial charge in [0, 0.05) is 0 Å². The summed E-state index contributed by atoms with van der Waals surface area (Å²) in [6.45, 7) is -1.62. The summed E-state index contributed by atoms with van der Waals surface area (Å²) in [4.78, 5) is 22.5. The number of nitrogens with one attached hydrogen (secondary N) is 2. The van der Waals surface area contributed by atoms with Gasteiger partial charge >= 0.3 is 36.0 Å². The van der Waals surface area contributed by atoms with Gasteiger partial charge in [-0.15, -0.1) is 0 Å². The van der Waals surface area contributed by atoms with Crippen LogP contribution in [0.15, 0.2) is 0 Å². The summed E-state index contributed by atoms with van der Waals surface area (Å²) >= 11 is 0. The third kappa shape index (κ3) is 4.79. The summed E-state index contributed by atoms with van der Waals surface area (Å²) in [6.07, 6.45) is -19.5. The van der Waals surface area contributed by atoms with E-state index < -0.39 is 73.5 Å². The van der Waals surface area contributed by atoms with Gasteiger partial charge in [-0.3, -0.25) is 9.59 Å². The first-order valence-electron chi connectivity index (χ1n) is 7.51. The first kappa shape index (κ1) is 27.9. The predicted molar refractivity (Wildman–Crippen MR) is 67.7 cm³/mol. The van der Waals surface area contributed by atoms with Crippen molar-refractivity contribution in [2.24, 2.45) is 0 Å². The van der Waals surface area contributed by atoms with E-state index in [2.05, 4.69) is 9.47 Å². The molecule has 0 aromatic heterocycles. The standard InChI is InChI=1S/C12H8F14N2O4/c13-7(14,9(17,18)11(21,22)23)5(29)27-3-4(32-2-1-31-3)28-6(30)8(15,16)10(19,20)12(24,25)26/h3-4H,1-2H2,(H,27,29)(H,28,30)/t3-,4-/m0/s1. The summed E-state index contributed by atoms with van der Waals surface area (Å²) in [5, 5.41) is 1.26. The lowest BCUT2D eigenvalue weighted by Crippen LogP contribution is -2.66. The van der Waals surface area contributed by atoms with Gasteiger partial charge in [-0.2, -0.15) is 61.5 Å². The molecule has 0 bridgehead atoms. The average molecular weight is 510 g/mol. The normalized spacial score (nSPS) is 21.8. The highest BCUT2D eigenvalue weighted by Gasteiger charge is 2.77. The van der Waals surface area contributed by atoms with Crippen molar-refractivity contribution in [2.45, 2.75) is 48.5 Å². The maximum atomic E-state index is 13.3. The monoisotopic (exact) mass is 510 g/mol. The minimum atomic E-state index is -6.97. The zero-order valence-electron chi connectivity index (χ0n) is 14.5. The van der Waals surface area contributed by atoms with E-state index >= 15 is 0 Å². The number of hydrogen-bond donors (Lipinski definition) is 2. The van der Waals surface area contributed by atoms with Gasteiger partial charge in [-0.1, -0.05) is 0 Å². The van der Waals surface area contributed by atoms with Gasteiger partial charge in [0.25, 0.3) is 11.8 Å². The highest BCUT2D eigenvalue weighted by Crippen LogP contribution is 2.47. The van der Waals surface area contributed by atoms with Crippen molar-refractivity contribution in [3.8, 4) is 0 Å². The molecule has 0 spiro atoms. The molecule has 1 fully saturated rings. The van der Waals surface area contributed by atoms with E-state index in [1.54, 1.807) is 0 Å². The van der Waals surface area contributed by atoms with Gasteiger partial charge in [0.15, 0.2) is 12.5 Å². The summed E-state index contributed by atoms with van der Waals surface area (Å²) in [5.41, 5.74) is 0. The van der Waals surface area contributed by atoms with Crippen molar-refractivity contribution >= 4 is 11.8 Å². The zero-order valence-corrected chi connectivity index (χ0v) is 14.5. The van der Waals surface area contributed by atoms with E-state index in [0.717, 1.165) is 0 Å². The third-order valence-corrected chi connectivity index (χ3v) is 3.57. The van der Waals surface area contributed by atoms with Crippen molar-refractivity contribution in [2.75, 3.05) is 13.2 Å². The van der Waals surface area contributed by atoms with E-state index in [0.29, 0.717) is 10.6 Å². The van der Waals surface area contributed by atoms with Crippen LogP contribution in [0.5, 0.6) is 0 Å². The van der Waals surface area contributed by atoms with Gasteiger partial charge in [0.1, 0.15) is 0 Å². The van der Waals surface area contributed by atoms with Crippen LogP contribution in [0.3, 0.4) is 0 Å². The molecule has 0 aromatic carbocycles. The summed E-state index contributed by atoms with van der Waals surface area (Å²) < 4.78 is 186. The van der Waals surface area contributed by atoms with Crippen LogP contribution in [0.25, 0.3) is 0 Å². The van der Waals surface area contributed by atoms with Gasteiger partial charge in [0.05, 0.1) is 13.2 Å². The van der Waals surface area contributed by atoms with Crippen LogP contribution >= 0.6 is 0 Å². The fourth-order valence-corrected chi connectivity index (χ4v) is 1.84. The Morgan fingerprint density at radius 3 is 1.03 bits per heavy atom. The molecule has 1 aliphatic rings. The molecule has 2 amide bonds. The molecular weight excluding hydrogens is 502 g/mol. The molecule has 188 valence electrons. The molecule has 1 rings (SSSR count). The van der Waals surface area contributed by atoms with Crippen LogP contribution in [0.2, 0.25) is 0 Å². The molecule has 0 saturated carbocycles. The SMILES string of the molecule is O=C(N[C@H]1OCCO[C@@H]1NC(=O)C(F)(F)C(F)(F)C(F)(F)F)C(F)(F)C(F)(F)C(F)(F)F. The van der Waals surface area contributed by atoms with Crippen LogP contribution in [-0.2, 0) is 19.1 Å². The number of ether oxygens (including phenoxy) is 2. The molecule has 1 aliphatic heterocycles. The summed E-state index contributed by atoms with van der Waals surface area (Å²) in [6, 6.07) is 0. The molecule has 1 saturated heterocycles. The van der Waals surface area contributed by atoms with Crippen molar-refractivity contribution in [3.05, 3.63) is 0 Å². The minimum absolute atomic E-state index is 0.628. The topological polar surface area (TPSA) is 76.7 Å². The molecule has 6 nitrogen and oxygen atoms in total. The smallest absolute Gasteiger partial charge is 0.351 e. The van der Waals surface area contributed by atoms with Gasteiger partial charge in [-0.05, 0) is 0 Å². The van der Waals surface area contributed by atoms with Crippen LogP contribution in [0, 0.1) is 0 Å². The fourth-order valence-electron chi connectivity index (χ4n) is 1.84. The Morgan fingerprint density at radius 2 is 0.812 bits per heavy atom. The zero-order chi connectivity index (χ0) is 25.6. The van der Waals surface area contributed by atoms with Crippen LogP contribution < -0.4 is 10.6 Å². The van der Waals surface area contributed by atoms with Crippen LogP contribution in [0.4, 0.5) is 61.5 Å². The average Bonchev–Trinajstić information content (AvgIpc) is 2.60. The van der Waals surface area contributed by atoms with Crippen molar-refractivity contribution in [1.29, 1.82) is 0 Å². The summed E-state index contributed by atoms with van der Waals surface area (Å²) in [5.74, 6) is -33.9. The lowest BCUT2D eigenvalue weighted by atomic mass is 10.1. The van der Waals surface area contributed by atoms with E-state index in [4.69, 9.17) is 0 Å². The maximum Gasteiger partial charge on any atom is 0.460 e. The van der Waals surface area contributed by atoms with Crippen molar-refractivity contribution in [1.82, 2.24) is 10.6 Å². The Bertz CT molecular complexity index is 659. The van der Waals surface area contributed by atoms with E-state index in [1.807, 2.05) is 0 Å². The first-order valence-corrected chi connectivity index (χ1v) is 7.51. The van der Waals surface area contributed by atoms with Crippen LogP contribution in [-0.4, -0.2) is 73.5 Å². The number of carbonyl (C=O) groups excluding carboxylic acids is 2. The summed E-state index contributed by atoms with van der Waals surface area (Å²) in [7, 11) is 0. The van der Waals surface area contributed by atoms with Gasteiger partial charge in [0.2, 0.25) is 0 Å². The third-order valence-electron chi connectivity index (χ3n) is 3.57. The molecule has 1 heterocycles. The highest BCUT2D eigenvalue weighted by atomic mass is 19.4.